The van der Waals surface area contributed by atoms with E-state index in [2.05, 4.69) is 0 Å². The van der Waals surface area contributed by atoms with Crippen molar-refractivity contribution in [3.05, 3.63) is 17.7 Å². The number of aldehydes is 1. The van der Waals surface area contributed by atoms with E-state index in [1.54, 1.807) is 13.8 Å². The van der Waals surface area contributed by atoms with E-state index in [9.17, 15) is 9.59 Å². The Labute approximate surface area is 117 Å². The quantitative estimate of drug-likeness (QED) is 0.770. The summed E-state index contributed by atoms with van der Waals surface area (Å²) in [6, 6.07) is 3.00. The Bertz CT molecular complexity index is 481. The summed E-state index contributed by atoms with van der Waals surface area (Å²) in [5.41, 5.74) is -0.678. The minimum Gasteiger partial charge on any atom is -0.493 e. The Balaban J connectivity index is 3.10. The Morgan fingerprint density at radius 1 is 1.25 bits per heavy atom. The SMILES string of the molecule is COc1cc(C=O)cc(OC)c1OCC(C)(C)C(=O)O. The van der Waals surface area contributed by atoms with Gasteiger partial charge in [-0.05, 0) is 26.0 Å². The molecule has 0 unspecified atom stereocenters. The molecule has 0 aromatic heterocycles. The number of benzene rings is 1. The molecule has 0 amide bonds. The number of hydrogen-bond donors (Lipinski definition) is 1. The molecule has 20 heavy (non-hydrogen) atoms. The summed E-state index contributed by atoms with van der Waals surface area (Å²) in [5.74, 6) is -0.0739. The molecule has 1 aromatic carbocycles. The van der Waals surface area contributed by atoms with Gasteiger partial charge in [0, 0.05) is 5.56 Å². The lowest BCUT2D eigenvalue weighted by Crippen LogP contribution is -2.30. The summed E-state index contributed by atoms with van der Waals surface area (Å²) in [4.78, 5) is 21.9. The van der Waals surface area contributed by atoms with Gasteiger partial charge in [-0.2, -0.15) is 0 Å². The molecule has 0 atom stereocenters. The van der Waals surface area contributed by atoms with E-state index in [0.717, 1.165) is 0 Å². The second-order valence-corrected chi connectivity index (χ2v) is 4.85. The summed E-state index contributed by atoms with van der Waals surface area (Å²) in [7, 11) is 2.86. The van der Waals surface area contributed by atoms with Gasteiger partial charge in [-0.15, -0.1) is 0 Å². The zero-order chi connectivity index (χ0) is 15.3. The molecule has 0 heterocycles. The minimum atomic E-state index is -1.06. The fraction of sp³-hybridized carbons (Fsp3) is 0.429. The van der Waals surface area contributed by atoms with Crippen molar-refractivity contribution >= 4 is 12.3 Å². The van der Waals surface area contributed by atoms with Gasteiger partial charge in [0.15, 0.2) is 11.5 Å². The maximum atomic E-state index is 11.1. The smallest absolute Gasteiger partial charge is 0.312 e. The molecule has 1 N–H and O–H groups in total. The molecule has 0 aliphatic rings. The molecule has 0 aliphatic carbocycles. The topological polar surface area (TPSA) is 82.1 Å². The van der Waals surface area contributed by atoms with Crippen molar-refractivity contribution in [1.29, 1.82) is 0 Å². The summed E-state index contributed by atoms with van der Waals surface area (Å²) < 4.78 is 15.8. The van der Waals surface area contributed by atoms with E-state index in [-0.39, 0.29) is 12.4 Å². The number of carboxylic acids is 1. The largest absolute Gasteiger partial charge is 0.493 e. The van der Waals surface area contributed by atoms with Crippen LogP contribution >= 0.6 is 0 Å². The number of carbonyl (C=O) groups excluding carboxylic acids is 1. The number of rotatable bonds is 7. The van der Waals surface area contributed by atoms with E-state index in [1.165, 1.54) is 26.4 Å². The molecule has 0 spiro atoms. The van der Waals surface area contributed by atoms with Crippen LogP contribution in [-0.2, 0) is 4.79 Å². The van der Waals surface area contributed by atoms with Crippen LogP contribution in [0, 0.1) is 5.41 Å². The first-order chi connectivity index (χ1) is 9.35. The van der Waals surface area contributed by atoms with E-state index in [1.807, 2.05) is 0 Å². The highest BCUT2D eigenvalue weighted by molar-refractivity contribution is 5.78. The van der Waals surface area contributed by atoms with Crippen molar-refractivity contribution in [2.24, 2.45) is 5.41 Å². The maximum absolute atomic E-state index is 11.1. The van der Waals surface area contributed by atoms with Crippen molar-refractivity contribution in [1.82, 2.24) is 0 Å². The van der Waals surface area contributed by atoms with Crippen molar-refractivity contribution in [3.63, 3.8) is 0 Å². The fourth-order valence-corrected chi connectivity index (χ4v) is 1.42. The number of aliphatic carboxylic acids is 1. The van der Waals surface area contributed by atoms with Gasteiger partial charge in [-0.1, -0.05) is 0 Å². The van der Waals surface area contributed by atoms with Gasteiger partial charge in [-0.25, -0.2) is 0 Å². The third-order valence-electron chi connectivity index (χ3n) is 2.78. The molecule has 0 saturated heterocycles. The molecule has 1 rings (SSSR count). The molecule has 1 aromatic rings. The fourth-order valence-electron chi connectivity index (χ4n) is 1.42. The highest BCUT2D eigenvalue weighted by Gasteiger charge is 2.29. The lowest BCUT2D eigenvalue weighted by atomic mass is 9.95. The average molecular weight is 282 g/mol. The number of carbonyl (C=O) groups is 2. The third kappa shape index (κ3) is 3.40. The Hall–Kier alpha value is -2.24. The standard InChI is InChI=1S/C14H18O6/c1-14(2,13(16)17)8-20-12-10(18-3)5-9(7-15)6-11(12)19-4/h5-7H,8H2,1-4H3,(H,16,17). The van der Waals surface area contributed by atoms with Crippen LogP contribution < -0.4 is 14.2 Å². The Morgan fingerprint density at radius 2 is 1.75 bits per heavy atom. The van der Waals surface area contributed by atoms with Crippen LogP contribution in [0.3, 0.4) is 0 Å². The molecular weight excluding hydrogens is 264 g/mol. The summed E-state index contributed by atoms with van der Waals surface area (Å²) in [5, 5.41) is 9.07. The van der Waals surface area contributed by atoms with Crippen LogP contribution in [0.1, 0.15) is 24.2 Å². The van der Waals surface area contributed by atoms with E-state index in [4.69, 9.17) is 19.3 Å². The van der Waals surface area contributed by atoms with Crippen molar-refractivity contribution in [3.8, 4) is 17.2 Å². The molecule has 110 valence electrons. The highest BCUT2D eigenvalue weighted by Crippen LogP contribution is 2.39. The lowest BCUT2D eigenvalue weighted by Gasteiger charge is -2.21. The monoisotopic (exact) mass is 282 g/mol. The number of carboxylic acid groups (broad SMARTS) is 1. The second kappa shape index (κ2) is 6.27. The van der Waals surface area contributed by atoms with Crippen LogP contribution in [0.25, 0.3) is 0 Å². The van der Waals surface area contributed by atoms with Crippen LogP contribution in [0.4, 0.5) is 0 Å². The van der Waals surface area contributed by atoms with E-state index < -0.39 is 11.4 Å². The first-order valence-electron chi connectivity index (χ1n) is 5.93. The predicted molar refractivity (Wildman–Crippen MR) is 71.8 cm³/mol. The molecule has 0 radical (unpaired) electrons. The molecule has 6 nitrogen and oxygen atoms in total. The number of hydrogen-bond acceptors (Lipinski definition) is 5. The number of methoxy groups -OCH3 is 2. The highest BCUT2D eigenvalue weighted by atomic mass is 16.5. The van der Waals surface area contributed by atoms with Crippen molar-refractivity contribution in [2.75, 3.05) is 20.8 Å². The van der Waals surface area contributed by atoms with Gasteiger partial charge in [0.1, 0.15) is 12.9 Å². The van der Waals surface area contributed by atoms with Gasteiger partial charge >= 0.3 is 5.97 Å². The predicted octanol–water partition coefficient (Wildman–Crippen LogP) is 2.01. The van der Waals surface area contributed by atoms with Gasteiger partial charge < -0.3 is 19.3 Å². The molecule has 6 heteroatoms. The van der Waals surface area contributed by atoms with Crippen molar-refractivity contribution in [2.45, 2.75) is 13.8 Å². The normalized spacial score (nSPS) is 10.8. The van der Waals surface area contributed by atoms with Crippen LogP contribution in [0.2, 0.25) is 0 Å². The first kappa shape index (κ1) is 15.8. The van der Waals surface area contributed by atoms with Gasteiger partial charge in [0.2, 0.25) is 5.75 Å². The first-order valence-corrected chi connectivity index (χ1v) is 5.93. The number of ether oxygens (including phenoxy) is 3. The molecule has 0 bridgehead atoms. The van der Waals surface area contributed by atoms with E-state index >= 15 is 0 Å². The molecular formula is C14H18O6. The molecule has 0 aliphatic heterocycles. The Morgan fingerprint density at radius 3 is 2.10 bits per heavy atom. The van der Waals surface area contributed by atoms with Gasteiger partial charge in [0.05, 0.1) is 19.6 Å². The average Bonchev–Trinajstić information content (AvgIpc) is 2.43. The Kier molecular flexibility index (Phi) is 4.96. The zero-order valence-electron chi connectivity index (χ0n) is 11.9. The zero-order valence-corrected chi connectivity index (χ0v) is 11.9. The summed E-state index contributed by atoms with van der Waals surface area (Å²) in [6.45, 7) is 3.04. The lowest BCUT2D eigenvalue weighted by molar-refractivity contribution is -0.148. The van der Waals surface area contributed by atoms with E-state index in [0.29, 0.717) is 23.3 Å². The minimum absolute atomic E-state index is 0.0600. The molecule has 0 fully saturated rings. The summed E-state index contributed by atoms with van der Waals surface area (Å²) in [6.07, 6.45) is 0.663. The van der Waals surface area contributed by atoms with Crippen molar-refractivity contribution < 1.29 is 28.9 Å². The second-order valence-electron chi connectivity index (χ2n) is 4.85. The van der Waals surface area contributed by atoms with Crippen LogP contribution in [-0.4, -0.2) is 38.2 Å². The maximum Gasteiger partial charge on any atom is 0.312 e. The third-order valence-corrected chi connectivity index (χ3v) is 2.78. The van der Waals surface area contributed by atoms with Crippen LogP contribution in [0.5, 0.6) is 17.2 Å². The summed E-state index contributed by atoms with van der Waals surface area (Å²) >= 11 is 0. The van der Waals surface area contributed by atoms with Gasteiger partial charge in [-0.3, -0.25) is 9.59 Å². The molecule has 0 saturated carbocycles. The van der Waals surface area contributed by atoms with Crippen LogP contribution in [0.15, 0.2) is 12.1 Å². The van der Waals surface area contributed by atoms with Gasteiger partial charge in [0.25, 0.3) is 0 Å².